The third kappa shape index (κ3) is 3.51. The number of epoxide rings is 1. The predicted octanol–water partition coefficient (Wildman–Crippen LogP) is 1.69. The molecule has 4 nitrogen and oxygen atoms in total. The van der Waals surface area contributed by atoms with Gasteiger partial charge in [-0.3, -0.25) is 0 Å². The number of hydrogen-bond donors (Lipinski definition) is 0. The first-order valence-corrected chi connectivity index (χ1v) is 8.56. The van der Waals surface area contributed by atoms with Crippen LogP contribution in [0.15, 0.2) is 0 Å². The van der Waals surface area contributed by atoms with Crippen LogP contribution in [0, 0.1) is 0 Å². The number of hydrogen-bond acceptors (Lipinski definition) is 4. The van der Waals surface area contributed by atoms with Gasteiger partial charge in [-0.2, -0.15) is 0 Å². The van der Waals surface area contributed by atoms with Gasteiger partial charge in [0.05, 0.1) is 18.8 Å². The first-order valence-electron chi connectivity index (χ1n) is 6.61. The minimum atomic E-state index is -1.20. The molecule has 1 saturated carbocycles. The summed E-state index contributed by atoms with van der Waals surface area (Å²) in [6.45, 7) is 2.76. The molecule has 2 rings (SSSR count). The fourth-order valence-electron chi connectivity index (χ4n) is 2.81. The summed E-state index contributed by atoms with van der Waals surface area (Å²) in [6.07, 6.45) is 4.64. The van der Waals surface area contributed by atoms with Crippen molar-refractivity contribution in [1.29, 1.82) is 0 Å². The zero-order valence-corrected chi connectivity index (χ0v) is 12.2. The summed E-state index contributed by atoms with van der Waals surface area (Å²) < 4.78 is 22.1. The Hall–Kier alpha value is 0.0569. The second-order valence-electron chi connectivity index (χ2n) is 4.99. The van der Waals surface area contributed by atoms with Gasteiger partial charge >= 0.3 is 0 Å². The Labute approximate surface area is 105 Å². The van der Waals surface area contributed by atoms with Crippen LogP contribution in [-0.2, 0) is 18.6 Å². The molecule has 0 radical (unpaired) electrons. The highest BCUT2D eigenvalue weighted by Gasteiger charge is 2.46. The van der Waals surface area contributed by atoms with Gasteiger partial charge in [0.15, 0.2) is 15.3 Å². The summed E-state index contributed by atoms with van der Waals surface area (Å²) in [5.74, 6) is 0. The van der Waals surface area contributed by atoms with Gasteiger partial charge in [-0.25, -0.2) is 0 Å². The van der Waals surface area contributed by atoms with Gasteiger partial charge in [-0.05, 0) is 30.8 Å². The molecule has 1 aliphatic carbocycles. The Morgan fingerprint density at radius 1 is 1.29 bits per heavy atom. The van der Waals surface area contributed by atoms with E-state index in [1.54, 1.807) is 14.2 Å². The van der Waals surface area contributed by atoms with Crippen molar-refractivity contribution in [3.63, 3.8) is 0 Å². The molecule has 0 amide bonds. The molecule has 0 aromatic rings. The van der Waals surface area contributed by atoms with Gasteiger partial charge in [0, 0.05) is 14.2 Å². The smallest absolute Gasteiger partial charge is 0.183 e. The van der Waals surface area contributed by atoms with Crippen molar-refractivity contribution in [2.24, 2.45) is 0 Å². The van der Waals surface area contributed by atoms with Crippen LogP contribution in [0.5, 0.6) is 0 Å². The Morgan fingerprint density at radius 3 is 2.71 bits per heavy atom. The maximum Gasteiger partial charge on any atom is 0.183 e. The lowest BCUT2D eigenvalue weighted by Gasteiger charge is -2.29. The molecule has 5 unspecified atom stereocenters. The normalized spacial score (nSPS) is 35.1. The van der Waals surface area contributed by atoms with E-state index in [0.717, 1.165) is 11.6 Å². The predicted molar refractivity (Wildman–Crippen MR) is 67.7 cm³/mol. The van der Waals surface area contributed by atoms with E-state index in [1.807, 2.05) is 0 Å². The van der Waals surface area contributed by atoms with Crippen molar-refractivity contribution >= 4 is 9.04 Å². The third-order valence-electron chi connectivity index (χ3n) is 3.87. The Morgan fingerprint density at radius 2 is 2.12 bits per heavy atom. The van der Waals surface area contributed by atoms with Crippen LogP contribution in [0.3, 0.4) is 0 Å². The van der Waals surface area contributed by atoms with E-state index in [2.05, 4.69) is 6.92 Å². The van der Waals surface area contributed by atoms with Crippen molar-refractivity contribution in [2.75, 3.05) is 20.8 Å². The van der Waals surface area contributed by atoms with E-state index in [4.69, 9.17) is 18.6 Å². The molecular formula is C12H24O4Si. The number of methoxy groups -OCH3 is 2. The number of fused-ring (bicyclic) bond motifs is 1. The van der Waals surface area contributed by atoms with Gasteiger partial charge in [0.1, 0.15) is 0 Å². The van der Waals surface area contributed by atoms with E-state index in [0.29, 0.717) is 18.8 Å². The number of rotatable bonds is 7. The van der Waals surface area contributed by atoms with E-state index < -0.39 is 9.04 Å². The Bertz CT molecular complexity index is 239. The summed E-state index contributed by atoms with van der Waals surface area (Å²) in [7, 11) is 2.17. The molecule has 1 heterocycles. The van der Waals surface area contributed by atoms with Crippen molar-refractivity contribution in [1.82, 2.24) is 0 Å². The van der Waals surface area contributed by atoms with Crippen LogP contribution in [0.1, 0.15) is 26.2 Å². The van der Waals surface area contributed by atoms with Gasteiger partial charge in [-0.15, -0.1) is 0 Å². The monoisotopic (exact) mass is 260 g/mol. The summed E-state index contributed by atoms with van der Waals surface area (Å²) in [5.41, 5.74) is 0.748. The lowest BCUT2D eigenvalue weighted by Crippen LogP contribution is -2.35. The van der Waals surface area contributed by atoms with Crippen LogP contribution >= 0.6 is 0 Å². The van der Waals surface area contributed by atoms with Crippen molar-refractivity contribution in [3.05, 3.63) is 0 Å². The quantitative estimate of drug-likeness (QED) is 0.397. The van der Waals surface area contributed by atoms with E-state index in [1.165, 1.54) is 19.3 Å². The third-order valence-corrected chi connectivity index (χ3v) is 6.98. The van der Waals surface area contributed by atoms with Crippen LogP contribution < -0.4 is 0 Å². The molecule has 2 aliphatic rings. The Kier molecular flexibility index (Phi) is 4.99. The maximum atomic E-state index is 6.13. The average Bonchev–Trinajstić information content (AvgIpc) is 3.12. The minimum absolute atomic E-state index is 0.186. The van der Waals surface area contributed by atoms with E-state index in [9.17, 15) is 0 Å². The standard InChI is InChI=1S/C12H24O4Si/c1-4-17(16-12(14-3)8-13-2)9-5-6-10-11(7-9)15-10/h9-12,17H,4-8H2,1-3H3. The zero-order chi connectivity index (χ0) is 12.3. The highest BCUT2D eigenvalue weighted by Crippen LogP contribution is 2.44. The number of ether oxygens (including phenoxy) is 3. The zero-order valence-electron chi connectivity index (χ0n) is 11.1. The molecule has 1 aliphatic heterocycles. The summed E-state index contributed by atoms with van der Waals surface area (Å²) in [4.78, 5) is 0. The summed E-state index contributed by atoms with van der Waals surface area (Å²) in [5, 5.41) is 0. The van der Waals surface area contributed by atoms with Gasteiger partial charge in [-0.1, -0.05) is 6.92 Å². The molecule has 5 heteroatoms. The largest absolute Gasteiger partial charge is 0.394 e. The lowest BCUT2D eigenvalue weighted by molar-refractivity contribution is -0.0972. The molecule has 100 valence electrons. The van der Waals surface area contributed by atoms with Crippen molar-refractivity contribution in [3.8, 4) is 0 Å². The molecule has 0 N–H and O–H groups in total. The SMILES string of the molecule is CC[SiH](OC(COC)OC)C1CCC2OC2C1. The van der Waals surface area contributed by atoms with Crippen molar-refractivity contribution in [2.45, 2.75) is 56.3 Å². The highest BCUT2D eigenvalue weighted by molar-refractivity contribution is 6.53. The molecule has 0 bridgehead atoms. The molecule has 5 atom stereocenters. The molecular weight excluding hydrogens is 236 g/mol. The molecule has 0 aromatic heterocycles. The first-order chi connectivity index (χ1) is 8.28. The topological polar surface area (TPSA) is 40.2 Å². The fourth-order valence-corrected chi connectivity index (χ4v) is 5.60. The molecule has 2 fully saturated rings. The lowest BCUT2D eigenvalue weighted by atomic mass is 10.0. The maximum absolute atomic E-state index is 6.13. The first kappa shape index (κ1) is 13.5. The summed E-state index contributed by atoms with van der Waals surface area (Å²) >= 11 is 0. The van der Waals surface area contributed by atoms with Gasteiger partial charge in [0.2, 0.25) is 0 Å². The van der Waals surface area contributed by atoms with E-state index >= 15 is 0 Å². The Balaban J connectivity index is 1.81. The van der Waals surface area contributed by atoms with Crippen LogP contribution in [0.25, 0.3) is 0 Å². The van der Waals surface area contributed by atoms with E-state index in [-0.39, 0.29) is 6.29 Å². The van der Waals surface area contributed by atoms with Crippen molar-refractivity contribution < 1.29 is 18.6 Å². The molecule has 17 heavy (non-hydrogen) atoms. The second kappa shape index (κ2) is 6.29. The summed E-state index contributed by atoms with van der Waals surface area (Å²) in [6, 6.07) is 1.16. The fraction of sp³-hybridized carbons (Fsp3) is 1.00. The minimum Gasteiger partial charge on any atom is -0.394 e. The highest BCUT2D eigenvalue weighted by atomic mass is 28.3. The van der Waals surface area contributed by atoms with Crippen LogP contribution in [0.2, 0.25) is 11.6 Å². The molecule has 1 saturated heterocycles. The average molecular weight is 260 g/mol. The molecule has 0 aromatic carbocycles. The van der Waals surface area contributed by atoms with Gasteiger partial charge in [0.25, 0.3) is 0 Å². The van der Waals surface area contributed by atoms with Crippen LogP contribution in [0.4, 0.5) is 0 Å². The molecule has 0 spiro atoms. The van der Waals surface area contributed by atoms with Crippen LogP contribution in [-0.4, -0.2) is 48.4 Å². The van der Waals surface area contributed by atoms with Gasteiger partial charge < -0.3 is 18.6 Å². The second-order valence-corrected chi connectivity index (χ2v) is 8.10.